The zero-order chi connectivity index (χ0) is 20.9. The number of hydrogen-bond acceptors (Lipinski definition) is 3. The molecular formula is C26H32N2O2. The van der Waals surface area contributed by atoms with Crippen molar-refractivity contribution < 1.29 is 9.21 Å². The molecule has 1 aromatic heterocycles. The molecule has 4 rings (SSSR count). The maximum atomic E-state index is 13.0. The van der Waals surface area contributed by atoms with Crippen molar-refractivity contribution in [2.75, 3.05) is 31.6 Å². The molecule has 4 heteroatoms. The van der Waals surface area contributed by atoms with E-state index in [1.54, 1.807) is 4.90 Å². The van der Waals surface area contributed by atoms with Gasteiger partial charge in [0.2, 0.25) is 0 Å². The number of anilines is 1. The third kappa shape index (κ3) is 4.53. The lowest BCUT2D eigenvalue weighted by molar-refractivity contribution is 0.0763. The summed E-state index contributed by atoms with van der Waals surface area (Å²) in [6.45, 7) is 4.93. The van der Waals surface area contributed by atoms with Gasteiger partial charge in [0, 0.05) is 43.3 Å². The lowest BCUT2D eigenvalue weighted by Gasteiger charge is -2.22. The highest BCUT2D eigenvalue weighted by Crippen LogP contribution is 2.31. The van der Waals surface area contributed by atoms with E-state index in [0.717, 1.165) is 42.5 Å². The van der Waals surface area contributed by atoms with Crippen LogP contribution in [0.15, 0.2) is 52.9 Å². The van der Waals surface area contributed by atoms with Crippen LogP contribution in [0, 0.1) is 6.92 Å². The number of fused-ring (bicyclic) bond motifs is 1. The number of nitrogens with zero attached hydrogens (tertiary/aromatic N) is 2. The fourth-order valence-corrected chi connectivity index (χ4v) is 4.38. The van der Waals surface area contributed by atoms with Gasteiger partial charge in [-0.1, -0.05) is 43.2 Å². The molecule has 0 bridgehead atoms. The molecule has 0 atom stereocenters. The van der Waals surface area contributed by atoms with Gasteiger partial charge in [0.1, 0.15) is 5.58 Å². The second-order valence-electron chi connectivity index (χ2n) is 8.45. The monoisotopic (exact) mass is 404 g/mol. The number of benzene rings is 2. The smallest absolute Gasteiger partial charge is 0.289 e. The summed E-state index contributed by atoms with van der Waals surface area (Å²) in [5, 5.41) is 1.05. The Labute approximate surface area is 179 Å². The van der Waals surface area contributed by atoms with Crippen LogP contribution in [0.4, 0.5) is 5.69 Å². The van der Waals surface area contributed by atoms with Gasteiger partial charge >= 0.3 is 0 Å². The molecule has 0 saturated carbocycles. The number of hydrogen-bond donors (Lipinski definition) is 0. The van der Waals surface area contributed by atoms with Crippen molar-refractivity contribution in [1.82, 2.24) is 4.90 Å². The summed E-state index contributed by atoms with van der Waals surface area (Å²) in [7, 11) is 1.86. The van der Waals surface area contributed by atoms with Gasteiger partial charge in [-0.15, -0.1) is 0 Å². The first-order chi connectivity index (χ1) is 14.6. The predicted octanol–water partition coefficient (Wildman–Crippen LogP) is 5.83. The molecule has 0 spiro atoms. The third-order valence-electron chi connectivity index (χ3n) is 6.23. The van der Waals surface area contributed by atoms with Crippen molar-refractivity contribution in [1.29, 1.82) is 0 Å². The first-order valence-electron chi connectivity index (χ1n) is 11.2. The van der Waals surface area contributed by atoms with E-state index in [1.165, 1.54) is 36.9 Å². The maximum absolute atomic E-state index is 13.0. The average Bonchev–Trinajstić information content (AvgIpc) is 2.94. The number of carbonyl (C=O) groups excluding carboxylic acids is 1. The lowest BCUT2D eigenvalue weighted by Crippen LogP contribution is -2.28. The van der Waals surface area contributed by atoms with E-state index in [4.69, 9.17) is 4.42 Å². The quantitative estimate of drug-likeness (QED) is 0.519. The van der Waals surface area contributed by atoms with Gasteiger partial charge in [0.15, 0.2) is 5.76 Å². The molecule has 1 amide bonds. The molecule has 1 aliphatic rings. The van der Waals surface area contributed by atoms with Crippen LogP contribution < -0.4 is 4.90 Å². The first kappa shape index (κ1) is 20.5. The summed E-state index contributed by atoms with van der Waals surface area (Å²) in [6.07, 6.45) is 7.04. The Morgan fingerprint density at radius 3 is 2.50 bits per heavy atom. The largest absolute Gasteiger partial charge is 0.451 e. The SMILES string of the molecule is Cc1c(C(=O)N(C)CCCc2ccccc2)oc2ccc(N3CCCCCC3)cc12. The maximum Gasteiger partial charge on any atom is 0.289 e. The Balaban J connectivity index is 1.46. The summed E-state index contributed by atoms with van der Waals surface area (Å²) in [4.78, 5) is 17.3. The summed E-state index contributed by atoms with van der Waals surface area (Å²) in [6, 6.07) is 16.8. The number of amides is 1. The van der Waals surface area contributed by atoms with Crippen molar-refractivity contribution in [2.45, 2.75) is 45.4 Å². The van der Waals surface area contributed by atoms with Crippen molar-refractivity contribution in [3.05, 3.63) is 65.4 Å². The highest BCUT2D eigenvalue weighted by atomic mass is 16.3. The van der Waals surface area contributed by atoms with Gasteiger partial charge in [0.25, 0.3) is 5.91 Å². The number of aryl methyl sites for hydroxylation is 2. The van der Waals surface area contributed by atoms with Crippen LogP contribution in [-0.4, -0.2) is 37.5 Å². The van der Waals surface area contributed by atoms with Crippen LogP contribution >= 0.6 is 0 Å². The van der Waals surface area contributed by atoms with E-state index in [9.17, 15) is 4.79 Å². The van der Waals surface area contributed by atoms with Gasteiger partial charge in [-0.05, 0) is 56.4 Å². The molecule has 0 aliphatic carbocycles. The molecule has 0 N–H and O–H groups in total. The van der Waals surface area contributed by atoms with Crippen molar-refractivity contribution in [2.24, 2.45) is 0 Å². The van der Waals surface area contributed by atoms with Gasteiger partial charge in [-0.25, -0.2) is 0 Å². The van der Waals surface area contributed by atoms with E-state index < -0.39 is 0 Å². The highest BCUT2D eigenvalue weighted by Gasteiger charge is 2.22. The number of carbonyl (C=O) groups is 1. The molecular weight excluding hydrogens is 372 g/mol. The Morgan fingerprint density at radius 2 is 1.77 bits per heavy atom. The molecule has 2 aromatic carbocycles. The van der Waals surface area contributed by atoms with Gasteiger partial charge in [0.05, 0.1) is 0 Å². The zero-order valence-electron chi connectivity index (χ0n) is 18.2. The van der Waals surface area contributed by atoms with E-state index >= 15 is 0 Å². The molecule has 30 heavy (non-hydrogen) atoms. The summed E-state index contributed by atoms with van der Waals surface area (Å²) in [5.41, 5.74) is 4.29. The Bertz CT molecular complexity index is 985. The van der Waals surface area contributed by atoms with Crippen LogP contribution in [0.25, 0.3) is 11.0 Å². The minimum absolute atomic E-state index is 0.0342. The molecule has 4 nitrogen and oxygen atoms in total. The van der Waals surface area contributed by atoms with Gasteiger partial charge < -0.3 is 14.2 Å². The van der Waals surface area contributed by atoms with Crippen LogP contribution in [-0.2, 0) is 6.42 Å². The van der Waals surface area contributed by atoms with Crippen molar-refractivity contribution in [3.8, 4) is 0 Å². The topological polar surface area (TPSA) is 36.7 Å². The Hall–Kier alpha value is -2.75. The third-order valence-corrected chi connectivity index (χ3v) is 6.23. The lowest BCUT2D eigenvalue weighted by atomic mass is 10.1. The zero-order valence-corrected chi connectivity index (χ0v) is 18.2. The predicted molar refractivity (Wildman–Crippen MR) is 123 cm³/mol. The van der Waals surface area contributed by atoms with E-state index in [2.05, 4.69) is 41.3 Å². The summed E-state index contributed by atoms with van der Waals surface area (Å²) >= 11 is 0. The van der Waals surface area contributed by atoms with E-state index in [-0.39, 0.29) is 5.91 Å². The Kier molecular flexibility index (Phi) is 6.41. The minimum atomic E-state index is -0.0342. The van der Waals surface area contributed by atoms with E-state index in [1.807, 2.05) is 26.1 Å². The molecule has 2 heterocycles. The van der Waals surface area contributed by atoms with Crippen LogP contribution in [0.2, 0.25) is 0 Å². The molecule has 3 aromatic rings. The number of furan rings is 1. The molecule has 0 radical (unpaired) electrons. The number of rotatable bonds is 6. The summed E-state index contributed by atoms with van der Waals surface area (Å²) in [5.74, 6) is 0.438. The second kappa shape index (κ2) is 9.38. The van der Waals surface area contributed by atoms with Gasteiger partial charge in [-0.2, -0.15) is 0 Å². The van der Waals surface area contributed by atoms with Crippen molar-refractivity contribution in [3.63, 3.8) is 0 Å². The Morgan fingerprint density at radius 1 is 1.03 bits per heavy atom. The van der Waals surface area contributed by atoms with Crippen molar-refractivity contribution >= 4 is 22.6 Å². The molecule has 158 valence electrons. The van der Waals surface area contributed by atoms with Crippen LogP contribution in [0.1, 0.15) is 53.8 Å². The first-order valence-corrected chi connectivity index (χ1v) is 11.2. The molecule has 1 aliphatic heterocycles. The second-order valence-corrected chi connectivity index (χ2v) is 8.45. The van der Waals surface area contributed by atoms with Gasteiger partial charge in [-0.3, -0.25) is 4.79 Å². The van der Waals surface area contributed by atoms with Crippen LogP contribution in [0.3, 0.4) is 0 Å². The molecule has 1 saturated heterocycles. The fourth-order valence-electron chi connectivity index (χ4n) is 4.38. The molecule has 0 unspecified atom stereocenters. The minimum Gasteiger partial charge on any atom is -0.451 e. The fraction of sp³-hybridized carbons (Fsp3) is 0.423. The summed E-state index contributed by atoms with van der Waals surface area (Å²) < 4.78 is 6.00. The normalized spacial score (nSPS) is 14.7. The standard InChI is InChI=1S/C26H32N2O2/c1-20-23-19-22(28-17-8-3-4-9-18-28)14-15-24(23)30-25(20)26(29)27(2)16-10-13-21-11-6-5-7-12-21/h5-7,11-12,14-15,19H,3-4,8-10,13,16-18H2,1-2H3. The van der Waals surface area contributed by atoms with Crippen LogP contribution in [0.5, 0.6) is 0 Å². The highest BCUT2D eigenvalue weighted by molar-refractivity contribution is 5.99. The molecule has 1 fully saturated rings. The average molecular weight is 405 g/mol. The van der Waals surface area contributed by atoms with E-state index in [0.29, 0.717) is 12.3 Å².